The molecule has 0 radical (unpaired) electrons. The van der Waals surface area contributed by atoms with E-state index in [4.69, 9.17) is 10.5 Å². The van der Waals surface area contributed by atoms with E-state index in [0.29, 0.717) is 18.8 Å². The van der Waals surface area contributed by atoms with E-state index in [9.17, 15) is 9.59 Å². The third kappa shape index (κ3) is 4.78. The van der Waals surface area contributed by atoms with Gasteiger partial charge in [0.2, 0.25) is 11.8 Å². The Morgan fingerprint density at radius 2 is 2.00 bits per heavy atom. The summed E-state index contributed by atoms with van der Waals surface area (Å²) in [5.74, 6) is -0.472. The summed E-state index contributed by atoms with van der Waals surface area (Å²) in [6, 6.07) is -0.230. The second-order valence-corrected chi connectivity index (χ2v) is 6.62. The van der Waals surface area contributed by atoms with Crippen LogP contribution in [0.2, 0.25) is 0 Å². The second kappa shape index (κ2) is 7.76. The molecule has 0 aliphatic carbocycles. The van der Waals surface area contributed by atoms with E-state index in [1.807, 2.05) is 13.8 Å². The van der Waals surface area contributed by atoms with E-state index in [1.54, 1.807) is 24.9 Å². The molecule has 2 heterocycles. The van der Waals surface area contributed by atoms with Crippen molar-refractivity contribution in [2.75, 3.05) is 18.4 Å². The van der Waals surface area contributed by atoms with E-state index < -0.39 is 0 Å². The molecule has 1 saturated heterocycles. The number of hydrogen-bond donors (Lipinski definition) is 2. The van der Waals surface area contributed by atoms with Gasteiger partial charge in [-0.2, -0.15) is 5.10 Å². The maximum Gasteiger partial charge on any atom is 0.244 e. The maximum absolute atomic E-state index is 12.4. The van der Waals surface area contributed by atoms with Gasteiger partial charge in [-0.25, -0.2) is 0 Å². The quantitative estimate of drug-likeness (QED) is 0.812. The smallest absolute Gasteiger partial charge is 0.244 e. The summed E-state index contributed by atoms with van der Waals surface area (Å²) in [5, 5.41) is 6.90. The van der Waals surface area contributed by atoms with Gasteiger partial charge < -0.3 is 20.7 Å². The summed E-state index contributed by atoms with van der Waals surface area (Å²) in [5.41, 5.74) is 6.28. The van der Waals surface area contributed by atoms with Crippen LogP contribution in [-0.4, -0.2) is 57.8 Å². The van der Waals surface area contributed by atoms with Crippen molar-refractivity contribution in [3.8, 4) is 0 Å². The molecule has 1 fully saturated rings. The van der Waals surface area contributed by atoms with Crippen LogP contribution >= 0.6 is 0 Å². The van der Waals surface area contributed by atoms with Crippen LogP contribution < -0.4 is 11.1 Å². The number of nitrogens with two attached hydrogens (primary N) is 1. The first-order chi connectivity index (χ1) is 11.3. The van der Waals surface area contributed by atoms with E-state index in [-0.39, 0.29) is 42.5 Å². The minimum Gasteiger partial charge on any atom is -0.372 e. The predicted octanol–water partition coefficient (Wildman–Crippen LogP) is 0.441. The van der Waals surface area contributed by atoms with Crippen LogP contribution in [0.5, 0.6) is 0 Å². The molecule has 4 atom stereocenters. The molecule has 24 heavy (non-hydrogen) atoms. The lowest BCUT2D eigenvalue weighted by atomic mass is 10.0. The zero-order valence-electron chi connectivity index (χ0n) is 14.7. The molecule has 2 amide bonds. The molecule has 0 bridgehead atoms. The van der Waals surface area contributed by atoms with Gasteiger partial charge in [-0.15, -0.1) is 0 Å². The van der Waals surface area contributed by atoms with Gasteiger partial charge in [0.05, 0.1) is 30.0 Å². The van der Waals surface area contributed by atoms with Crippen molar-refractivity contribution in [3.63, 3.8) is 0 Å². The molecule has 8 nitrogen and oxygen atoms in total. The van der Waals surface area contributed by atoms with Crippen molar-refractivity contribution in [3.05, 3.63) is 12.4 Å². The molecule has 3 N–H and O–H groups in total. The van der Waals surface area contributed by atoms with E-state index in [2.05, 4.69) is 10.4 Å². The molecule has 1 aliphatic heterocycles. The third-order valence-corrected chi connectivity index (χ3v) is 4.17. The Kier molecular flexibility index (Phi) is 5.95. The average molecular weight is 337 g/mol. The first-order valence-corrected chi connectivity index (χ1v) is 8.28. The molecular formula is C16H27N5O3. The van der Waals surface area contributed by atoms with Crippen molar-refractivity contribution >= 4 is 17.5 Å². The number of anilines is 1. The Morgan fingerprint density at radius 1 is 1.38 bits per heavy atom. The Balaban J connectivity index is 1.91. The highest BCUT2D eigenvalue weighted by molar-refractivity contribution is 5.92. The number of ether oxygens (including phenoxy) is 1. The lowest BCUT2D eigenvalue weighted by Crippen LogP contribution is -2.49. The van der Waals surface area contributed by atoms with Gasteiger partial charge >= 0.3 is 0 Å². The zero-order chi connectivity index (χ0) is 17.9. The molecule has 1 aromatic heterocycles. The van der Waals surface area contributed by atoms with Crippen LogP contribution in [0.3, 0.4) is 0 Å². The van der Waals surface area contributed by atoms with Crippen molar-refractivity contribution in [2.45, 2.75) is 52.5 Å². The summed E-state index contributed by atoms with van der Waals surface area (Å²) in [6.45, 7) is 8.78. The van der Waals surface area contributed by atoms with E-state index in [1.165, 1.54) is 10.9 Å². The minimum absolute atomic E-state index is 0.0121. The summed E-state index contributed by atoms with van der Waals surface area (Å²) in [6.07, 6.45) is 3.25. The monoisotopic (exact) mass is 337 g/mol. The van der Waals surface area contributed by atoms with Gasteiger partial charge in [-0.1, -0.05) is 6.92 Å². The fraction of sp³-hybridized carbons (Fsp3) is 0.688. The lowest BCUT2D eigenvalue weighted by Gasteiger charge is -2.35. The number of nitrogens with one attached hydrogen (secondary N) is 1. The standard InChI is InChI=1S/C16H27N5O3/c1-10-6-20(7-11(2)24-10)15(22)9-21-8-14(5-18-21)19-16(23)12(3)13(4)17/h5,8,10-13H,6-7,9,17H2,1-4H3,(H,19,23). The second-order valence-electron chi connectivity index (χ2n) is 6.62. The van der Waals surface area contributed by atoms with Crippen molar-refractivity contribution in [1.29, 1.82) is 0 Å². The molecular weight excluding hydrogens is 310 g/mol. The van der Waals surface area contributed by atoms with Crippen LogP contribution in [0.1, 0.15) is 27.7 Å². The Hall–Kier alpha value is -1.93. The average Bonchev–Trinajstić information content (AvgIpc) is 2.92. The molecule has 1 aromatic rings. The van der Waals surface area contributed by atoms with Crippen molar-refractivity contribution < 1.29 is 14.3 Å². The largest absolute Gasteiger partial charge is 0.372 e. The Labute approximate surface area is 142 Å². The number of hydrogen-bond acceptors (Lipinski definition) is 5. The van der Waals surface area contributed by atoms with Gasteiger partial charge in [0.25, 0.3) is 0 Å². The lowest BCUT2D eigenvalue weighted by molar-refractivity contribution is -0.144. The van der Waals surface area contributed by atoms with Crippen LogP contribution in [0.15, 0.2) is 12.4 Å². The molecule has 2 rings (SSSR count). The van der Waals surface area contributed by atoms with E-state index >= 15 is 0 Å². The Bertz CT molecular complexity index is 576. The SMILES string of the molecule is CC1CN(C(=O)Cn2cc(NC(=O)C(C)C(C)N)cn2)CC(C)O1. The number of carbonyl (C=O) groups is 2. The molecule has 4 unspecified atom stereocenters. The molecule has 0 aromatic carbocycles. The topological polar surface area (TPSA) is 102 Å². The molecule has 1 aliphatic rings. The number of aromatic nitrogens is 2. The fourth-order valence-corrected chi connectivity index (χ4v) is 2.63. The highest BCUT2D eigenvalue weighted by Gasteiger charge is 2.26. The van der Waals surface area contributed by atoms with Crippen LogP contribution in [0.4, 0.5) is 5.69 Å². The molecule has 8 heteroatoms. The number of carbonyl (C=O) groups excluding carboxylic acids is 2. The van der Waals surface area contributed by atoms with E-state index in [0.717, 1.165) is 0 Å². The first-order valence-electron chi connectivity index (χ1n) is 8.28. The molecule has 134 valence electrons. The van der Waals surface area contributed by atoms with Gasteiger partial charge in [0, 0.05) is 25.3 Å². The normalized spacial score (nSPS) is 23.6. The zero-order valence-corrected chi connectivity index (χ0v) is 14.7. The van der Waals surface area contributed by atoms with Gasteiger partial charge in [0.15, 0.2) is 0 Å². The fourth-order valence-electron chi connectivity index (χ4n) is 2.63. The third-order valence-electron chi connectivity index (χ3n) is 4.17. The van der Waals surface area contributed by atoms with Crippen molar-refractivity contribution in [2.24, 2.45) is 11.7 Å². The van der Waals surface area contributed by atoms with Gasteiger partial charge in [0.1, 0.15) is 6.54 Å². The predicted molar refractivity (Wildman–Crippen MR) is 90.3 cm³/mol. The summed E-state index contributed by atoms with van der Waals surface area (Å²) in [7, 11) is 0. The highest BCUT2D eigenvalue weighted by atomic mass is 16.5. The van der Waals surface area contributed by atoms with Gasteiger partial charge in [-0.05, 0) is 20.8 Å². The van der Waals surface area contributed by atoms with Crippen molar-refractivity contribution in [1.82, 2.24) is 14.7 Å². The minimum atomic E-state index is -0.300. The highest BCUT2D eigenvalue weighted by Crippen LogP contribution is 2.13. The number of morpholine rings is 1. The summed E-state index contributed by atoms with van der Waals surface area (Å²) < 4.78 is 7.16. The van der Waals surface area contributed by atoms with Crippen LogP contribution in [-0.2, 0) is 20.9 Å². The Morgan fingerprint density at radius 3 is 2.58 bits per heavy atom. The van der Waals surface area contributed by atoms with Gasteiger partial charge in [-0.3, -0.25) is 14.3 Å². The maximum atomic E-state index is 12.4. The number of amides is 2. The number of rotatable bonds is 5. The first kappa shape index (κ1) is 18.4. The summed E-state index contributed by atoms with van der Waals surface area (Å²) >= 11 is 0. The van der Waals surface area contributed by atoms with Crippen LogP contribution in [0.25, 0.3) is 0 Å². The number of nitrogens with zero attached hydrogens (tertiary/aromatic N) is 3. The molecule has 0 spiro atoms. The molecule has 0 saturated carbocycles. The summed E-state index contributed by atoms with van der Waals surface area (Å²) in [4.78, 5) is 26.2. The van der Waals surface area contributed by atoms with Crippen LogP contribution in [0, 0.1) is 5.92 Å².